The van der Waals surface area contributed by atoms with Crippen LogP contribution in [-0.4, -0.2) is 22.5 Å². The summed E-state index contributed by atoms with van der Waals surface area (Å²) in [6.07, 6.45) is 3.82. The average Bonchev–Trinajstić information content (AvgIpc) is 2.65. The van der Waals surface area contributed by atoms with E-state index in [4.69, 9.17) is 4.74 Å². The molecule has 0 radical (unpaired) electrons. The van der Waals surface area contributed by atoms with E-state index >= 15 is 0 Å². The van der Waals surface area contributed by atoms with Gasteiger partial charge in [0, 0.05) is 22.5 Å². The number of rotatable bonds is 6. The molecule has 1 nitrogen and oxygen atoms in total. The minimum absolute atomic E-state index is 0.546. The molecule has 1 saturated heterocycles. The third-order valence-electron chi connectivity index (χ3n) is 5.44. The molecule has 1 aliphatic heterocycles. The van der Waals surface area contributed by atoms with Gasteiger partial charge in [-0.25, -0.2) is 8.78 Å². The summed E-state index contributed by atoms with van der Waals surface area (Å²) in [7, 11) is 1.23. The van der Waals surface area contributed by atoms with Crippen LogP contribution < -0.4 is 0 Å². The van der Waals surface area contributed by atoms with E-state index in [1.54, 1.807) is 13.2 Å². The van der Waals surface area contributed by atoms with Crippen molar-refractivity contribution in [1.82, 2.24) is 0 Å². The monoisotopic (exact) mass is 360 g/mol. The van der Waals surface area contributed by atoms with Crippen LogP contribution in [0.2, 0.25) is 18.1 Å². The van der Waals surface area contributed by atoms with E-state index in [-0.39, 0.29) is 0 Å². The van der Waals surface area contributed by atoms with E-state index < -0.39 is 20.4 Å². The van der Waals surface area contributed by atoms with Gasteiger partial charge in [0.05, 0.1) is 0 Å². The molecule has 1 fully saturated rings. The second-order valence-electron chi connectivity index (χ2n) is 7.10. The number of methoxy groups -OCH3 is 1. The second kappa shape index (κ2) is 8.72. The molecule has 2 aromatic carbocycles. The molecule has 0 bridgehead atoms. The molecule has 0 N–H and O–H groups in total. The van der Waals surface area contributed by atoms with Gasteiger partial charge in [0.25, 0.3) is 0 Å². The lowest BCUT2D eigenvalue weighted by Crippen LogP contribution is -2.20. The third kappa shape index (κ3) is 4.76. The van der Waals surface area contributed by atoms with Crippen molar-refractivity contribution in [3.05, 3.63) is 59.7 Å². The zero-order valence-corrected chi connectivity index (χ0v) is 16.0. The number of ether oxygens (including phenoxy) is 1. The maximum Gasteiger partial charge on any atom is 0.159 e. The van der Waals surface area contributed by atoms with Crippen LogP contribution in [-0.2, 0) is 4.74 Å². The van der Waals surface area contributed by atoms with E-state index in [1.165, 1.54) is 55.1 Å². The maximum absolute atomic E-state index is 13.4. The number of hydrogen-bond acceptors (Lipinski definition) is 1. The van der Waals surface area contributed by atoms with Gasteiger partial charge >= 0.3 is 0 Å². The smallest absolute Gasteiger partial charge is 0.159 e. The van der Waals surface area contributed by atoms with Gasteiger partial charge in [0.2, 0.25) is 0 Å². The maximum atomic E-state index is 13.4. The van der Waals surface area contributed by atoms with Crippen LogP contribution >= 0.6 is 0 Å². The highest BCUT2D eigenvalue weighted by Crippen LogP contribution is 2.35. The number of hydrogen-bond donors (Lipinski definition) is 0. The highest BCUT2D eigenvalue weighted by atomic mass is 28.3. The van der Waals surface area contributed by atoms with Crippen LogP contribution in [0.4, 0.5) is 8.78 Å². The van der Waals surface area contributed by atoms with E-state index in [1.807, 2.05) is 12.1 Å². The van der Waals surface area contributed by atoms with Gasteiger partial charge in [0.15, 0.2) is 11.6 Å². The highest BCUT2D eigenvalue weighted by molar-refractivity contribution is 6.59. The Hall–Kier alpha value is -1.52. The highest BCUT2D eigenvalue weighted by Gasteiger charge is 2.23. The average molecular weight is 361 g/mol. The summed E-state index contributed by atoms with van der Waals surface area (Å²) in [5.41, 5.74) is 3.04. The molecule has 0 atom stereocenters. The Morgan fingerprint density at radius 3 is 2.28 bits per heavy atom. The standard InChI is InChI=1S/C21H26F2OSi/c1-24-11-2-12-25-13-9-18(10-14-25)16-3-5-17(6-4-16)19-7-8-20(22)21(23)15-19/h3-8,15,18,25H,2,9-14H2,1H3. The molecule has 2 aromatic rings. The first-order chi connectivity index (χ1) is 12.2. The Morgan fingerprint density at radius 2 is 1.64 bits per heavy atom. The van der Waals surface area contributed by atoms with Gasteiger partial charge in [-0.2, -0.15) is 0 Å². The Balaban J connectivity index is 1.59. The van der Waals surface area contributed by atoms with Crippen LogP contribution in [0.3, 0.4) is 0 Å². The van der Waals surface area contributed by atoms with Crippen LogP contribution in [0.25, 0.3) is 11.1 Å². The van der Waals surface area contributed by atoms with Crippen LogP contribution in [0.5, 0.6) is 0 Å². The summed E-state index contributed by atoms with van der Waals surface area (Å²) in [5.74, 6) is -0.935. The number of halogens is 2. The summed E-state index contributed by atoms with van der Waals surface area (Å²) in [6, 6.07) is 16.7. The molecule has 4 heteroatoms. The summed E-state index contributed by atoms with van der Waals surface area (Å²) >= 11 is 0. The van der Waals surface area contributed by atoms with E-state index in [2.05, 4.69) is 12.1 Å². The molecule has 0 spiro atoms. The van der Waals surface area contributed by atoms with E-state index in [0.29, 0.717) is 5.92 Å². The number of benzene rings is 2. The van der Waals surface area contributed by atoms with Crippen LogP contribution in [0.1, 0.15) is 30.7 Å². The van der Waals surface area contributed by atoms with Gasteiger partial charge in [0.1, 0.15) is 0 Å². The summed E-state index contributed by atoms with van der Waals surface area (Å²) < 4.78 is 31.6. The zero-order chi connectivity index (χ0) is 17.6. The van der Waals surface area contributed by atoms with Gasteiger partial charge < -0.3 is 4.74 Å². The topological polar surface area (TPSA) is 9.23 Å². The van der Waals surface area contributed by atoms with E-state index in [0.717, 1.165) is 17.7 Å². The largest absolute Gasteiger partial charge is 0.385 e. The molecule has 0 aromatic heterocycles. The Kier molecular flexibility index (Phi) is 6.38. The van der Waals surface area contributed by atoms with Crippen LogP contribution in [0, 0.1) is 11.6 Å². The fourth-order valence-corrected chi connectivity index (χ4v) is 7.28. The predicted octanol–water partition coefficient (Wildman–Crippen LogP) is 5.77. The lowest BCUT2D eigenvalue weighted by molar-refractivity contribution is 0.199. The molecule has 25 heavy (non-hydrogen) atoms. The molecule has 0 amide bonds. The van der Waals surface area contributed by atoms with Crippen molar-refractivity contribution in [3.8, 4) is 11.1 Å². The minimum atomic E-state index is -0.799. The van der Waals surface area contributed by atoms with Crippen LogP contribution in [0.15, 0.2) is 42.5 Å². The molecule has 1 heterocycles. The second-order valence-corrected chi connectivity index (χ2v) is 10.6. The quantitative estimate of drug-likeness (QED) is 0.469. The van der Waals surface area contributed by atoms with Gasteiger partial charge in [-0.05, 0) is 54.0 Å². The van der Waals surface area contributed by atoms with Gasteiger partial charge in [-0.1, -0.05) is 48.5 Å². The molecule has 134 valence electrons. The van der Waals surface area contributed by atoms with Crippen molar-refractivity contribution >= 4 is 8.80 Å². The molecular formula is C21H26F2OSi. The normalized spacial score (nSPS) is 20.6. The van der Waals surface area contributed by atoms with Gasteiger partial charge in [-0.15, -0.1) is 0 Å². The molecule has 1 aliphatic rings. The summed E-state index contributed by atoms with van der Waals surface area (Å²) in [5, 5.41) is 0. The molecular weight excluding hydrogens is 334 g/mol. The van der Waals surface area contributed by atoms with Crippen molar-refractivity contribution in [2.75, 3.05) is 13.7 Å². The lowest BCUT2D eigenvalue weighted by Gasteiger charge is -2.28. The Labute approximate surface area is 150 Å². The fraction of sp³-hybridized carbons (Fsp3) is 0.429. The summed E-state index contributed by atoms with van der Waals surface area (Å²) in [4.78, 5) is 0. The summed E-state index contributed by atoms with van der Waals surface area (Å²) in [6.45, 7) is 0.901. The van der Waals surface area contributed by atoms with Gasteiger partial charge in [-0.3, -0.25) is 0 Å². The first-order valence-corrected chi connectivity index (χ1v) is 11.7. The van der Waals surface area contributed by atoms with Crippen molar-refractivity contribution in [1.29, 1.82) is 0 Å². The fourth-order valence-electron chi connectivity index (χ4n) is 3.92. The Bertz CT molecular complexity index is 679. The lowest BCUT2D eigenvalue weighted by atomic mass is 9.92. The van der Waals surface area contributed by atoms with Crippen molar-refractivity contribution in [2.24, 2.45) is 0 Å². The molecule has 0 saturated carbocycles. The molecule has 0 aliphatic carbocycles. The minimum Gasteiger partial charge on any atom is -0.385 e. The van der Waals surface area contributed by atoms with Crippen molar-refractivity contribution in [2.45, 2.75) is 43.3 Å². The third-order valence-corrected chi connectivity index (χ3v) is 8.97. The first-order valence-electron chi connectivity index (χ1n) is 9.21. The van der Waals surface area contributed by atoms with Crippen molar-refractivity contribution in [3.63, 3.8) is 0 Å². The predicted molar refractivity (Wildman–Crippen MR) is 102 cm³/mol. The van der Waals surface area contributed by atoms with E-state index in [9.17, 15) is 8.78 Å². The SMILES string of the molecule is COCCC[SiH]1CCC(c2ccc(-c3ccc(F)c(F)c3)cc2)CC1. The van der Waals surface area contributed by atoms with Crippen molar-refractivity contribution < 1.29 is 13.5 Å². The molecule has 0 unspecified atom stereocenters. The zero-order valence-electron chi connectivity index (χ0n) is 14.8. The first kappa shape index (κ1) is 18.3. The molecule has 3 rings (SSSR count). The Morgan fingerprint density at radius 1 is 0.960 bits per heavy atom.